The molecule has 6 nitrogen and oxygen atoms in total. The summed E-state index contributed by atoms with van der Waals surface area (Å²) in [5, 5.41) is 4.18. The molecule has 0 aromatic heterocycles. The Bertz CT molecular complexity index is 2200. The summed E-state index contributed by atoms with van der Waals surface area (Å²) in [6.45, 7) is 15.5. The minimum absolute atomic E-state index is 0.254. The summed E-state index contributed by atoms with van der Waals surface area (Å²) in [5.41, 5.74) is 5.33. The first-order chi connectivity index (χ1) is 23.8. The molecule has 6 aromatic carbocycles. The van der Waals surface area contributed by atoms with Crippen LogP contribution in [0, 0.1) is 13.8 Å². The molecule has 2 atom stereocenters. The predicted molar refractivity (Wildman–Crippen MR) is 206 cm³/mol. The van der Waals surface area contributed by atoms with Gasteiger partial charge in [0, 0.05) is 0 Å². The van der Waals surface area contributed by atoms with E-state index in [2.05, 4.69) is 22.6 Å². The Morgan fingerprint density at radius 3 is 1.14 bits per heavy atom. The van der Waals surface area contributed by atoms with E-state index in [1.54, 1.807) is 48.5 Å². The molecule has 0 unspecified atom stereocenters. The van der Waals surface area contributed by atoms with E-state index in [0.717, 1.165) is 54.9 Å². The number of benzene rings is 6. The van der Waals surface area contributed by atoms with Gasteiger partial charge in [-0.1, -0.05) is 145 Å². The van der Waals surface area contributed by atoms with Crippen LogP contribution in [0.15, 0.2) is 168 Å². The molecule has 0 saturated carbocycles. The van der Waals surface area contributed by atoms with Crippen molar-refractivity contribution < 1.29 is 16.8 Å². The molecule has 0 fully saturated rings. The van der Waals surface area contributed by atoms with Crippen LogP contribution in [0.1, 0.15) is 48.2 Å². The molecule has 6 aromatic rings. The zero-order valence-corrected chi connectivity index (χ0v) is 30.4. The zero-order valence-electron chi connectivity index (χ0n) is 28.7. The first-order valence-electron chi connectivity index (χ1n) is 16.2. The molecule has 50 heavy (non-hydrogen) atoms. The Hall–Kier alpha value is -4.86. The van der Waals surface area contributed by atoms with Gasteiger partial charge in [0.05, 0.1) is 21.9 Å². The van der Waals surface area contributed by atoms with Crippen LogP contribution < -0.4 is 9.44 Å². The Morgan fingerprint density at radius 1 is 0.480 bits per heavy atom. The first-order valence-corrected chi connectivity index (χ1v) is 19.2. The summed E-state index contributed by atoms with van der Waals surface area (Å²) in [7, 11) is -7.30. The highest BCUT2D eigenvalue weighted by atomic mass is 32.2. The van der Waals surface area contributed by atoms with Gasteiger partial charge in [-0.2, -0.15) is 9.44 Å². The third-order valence-corrected chi connectivity index (χ3v) is 11.3. The molecule has 0 aliphatic rings. The second-order valence-electron chi connectivity index (χ2n) is 12.6. The Labute approximate surface area is 296 Å². The van der Waals surface area contributed by atoms with Crippen LogP contribution in [0.5, 0.6) is 0 Å². The standard InChI is InChI=1S/2C21H21NO2S/c2*1-15(2)21(20-10-6-8-17-7-4-5-9-19(17)20)22-25(23,24)18-13-11-16(3)12-14-18/h2*4-14,21-22H,1H2,2-3H3/t2*21-/m11/s1. The van der Waals surface area contributed by atoms with E-state index in [1.165, 1.54) is 0 Å². The van der Waals surface area contributed by atoms with Crippen molar-refractivity contribution in [1.82, 2.24) is 9.44 Å². The van der Waals surface area contributed by atoms with Gasteiger partial charge in [0.25, 0.3) is 0 Å². The van der Waals surface area contributed by atoms with Crippen LogP contribution in [0.3, 0.4) is 0 Å². The summed E-state index contributed by atoms with van der Waals surface area (Å²) in [4.78, 5) is 0.508. The van der Waals surface area contributed by atoms with Gasteiger partial charge in [-0.25, -0.2) is 16.8 Å². The van der Waals surface area contributed by atoms with Gasteiger partial charge in [-0.3, -0.25) is 0 Å². The molecule has 0 heterocycles. The first kappa shape index (κ1) is 36.4. The zero-order chi connectivity index (χ0) is 36.1. The average Bonchev–Trinajstić information content (AvgIpc) is 3.10. The highest BCUT2D eigenvalue weighted by molar-refractivity contribution is 7.89. The number of sulfonamides is 2. The van der Waals surface area contributed by atoms with Gasteiger partial charge >= 0.3 is 0 Å². The fourth-order valence-corrected chi connectivity index (χ4v) is 8.28. The van der Waals surface area contributed by atoms with Crippen molar-refractivity contribution in [3.63, 3.8) is 0 Å². The SMILES string of the molecule is C=C(C)[C@@H](NS(=O)(=O)c1ccc(C)cc1)c1cccc2ccccc12.C=C(C)[C@@H](NS(=O)(=O)c1ccc(C)cc1)c1cccc2ccccc12. The van der Waals surface area contributed by atoms with Gasteiger partial charge in [0.15, 0.2) is 0 Å². The molecule has 0 aliphatic heterocycles. The molecule has 0 amide bonds. The summed E-state index contributed by atoms with van der Waals surface area (Å²) in [5.74, 6) is 0. The van der Waals surface area contributed by atoms with Crippen LogP contribution >= 0.6 is 0 Å². The van der Waals surface area contributed by atoms with E-state index in [9.17, 15) is 16.8 Å². The largest absolute Gasteiger partial charge is 0.241 e. The predicted octanol–water partition coefficient (Wildman–Crippen LogP) is 9.49. The van der Waals surface area contributed by atoms with E-state index < -0.39 is 32.1 Å². The van der Waals surface area contributed by atoms with E-state index in [1.807, 2.05) is 113 Å². The third-order valence-electron chi connectivity index (χ3n) is 8.46. The lowest BCUT2D eigenvalue weighted by Gasteiger charge is -2.21. The van der Waals surface area contributed by atoms with Crippen molar-refractivity contribution in [3.05, 3.63) is 180 Å². The molecule has 0 saturated heterocycles. The van der Waals surface area contributed by atoms with Crippen LogP contribution in [0.4, 0.5) is 0 Å². The van der Waals surface area contributed by atoms with Gasteiger partial charge in [0.2, 0.25) is 20.0 Å². The van der Waals surface area contributed by atoms with Crippen molar-refractivity contribution >= 4 is 41.6 Å². The fourth-order valence-electron chi connectivity index (χ4n) is 5.74. The quantitative estimate of drug-likeness (QED) is 0.139. The number of hydrogen-bond donors (Lipinski definition) is 2. The van der Waals surface area contributed by atoms with E-state index in [-0.39, 0.29) is 9.79 Å². The summed E-state index contributed by atoms with van der Waals surface area (Å²) in [6, 6.07) is 40.4. The summed E-state index contributed by atoms with van der Waals surface area (Å²) in [6.07, 6.45) is 0. The van der Waals surface area contributed by atoms with E-state index in [0.29, 0.717) is 0 Å². The molecule has 6 rings (SSSR count). The lowest BCUT2D eigenvalue weighted by Crippen LogP contribution is -2.29. The second-order valence-corrected chi connectivity index (χ2v) is 16.0. The molecule has 0 radical (unpaired) electrons. The molecular weight excluding hydrogens is 661 g/mol. The molecule has 0 spiro atoms. The van der Waals surface area contributed by atoms with Crippen LogP contribution in [-0.4, -0.2) is 16.8 Å². The number of fused-ring (bicyclic) bond motifs is 2. The van der Waals surface area contributed by atoms with Crippen molar-refractivity contribution in [3.8, 4) is 0 Å². The molecule has 8 heteroatoms. The third kappa shape index (κ3) is 8.46. The maximum Gasteiger partial charge on any atom is 0.241 e. The lowest BCUT2D eigenvalue weighted by atomic mass is 9.96. The van der Waals surface area contributed by atoms with Gasteiger partial charge in [0.1, 0.15) is 0 Å². The normalized spacial score (nSPS) is 12.9. The Morgan fingerprint density at radius 2 is 0.800 bits per heavy atom. The van der Waals surface area contributed by atoms with E-state index >= 15 is 0 Å². The van der Waals surface area contributed by atoms with Gasteiger partial charge in [-0.15, -0.1) is 0 Å². The Balaban J connectivity index is 0.000000194. The minimum Gasteiger partial charge on any atom is -0.207 e. The molecule has 0 aliphatic carbocycles. The maximum absolute atomic E-state index is 12.8. The maximum atomic E-state index is 12.8. The number of hydrogen-bond acceptors (Lipinski definition) is 4. The monoisotopic (exact) mass is 702 g/mol. The van der Waals surface area contributed by atoms with Crippen molar-refractivity contribution in [1.29, 1.82) is 0 Å². The molecular formula is C42H42N2O4S2. The van der Waals surface area contributed by atoms with Gasteiger partial charge < -0.3 is 0 Å². The molecule has 2 N–H and O–H groups in total. The summed E-state index contributed by atoms with van der Waals surface area (Å²) >= 11 is 0. The minimum atomic E-state index is -3.65. The van der Waals surface area contributed by atoms with Crippen LogP contribution in [0.2, 0.25) is 0 Å². The summed E-state index contributed by atoms with van der Waals surface area (Å²) < 4.78 is 56.9. The van der Waals surface area contributed by atoms with Crippen LogP contribution in [-0.2, 0) is 20.0 Å². The highest BCUT2D eigenvalue weighted by Crippen LogP contribution is 2.31. The topological polar surface area (TPSA) is 92.3 Å². The number of aryl methyl sites for hydroxylation is 2. The molecule has 0 bridgehead atoms. The van der Waals surface area contributed by atoms with E-state index in [4.69, 9.17) is 0 Å². The smallest absolute Gasteiger partial charge is 0.207 e. The highest BCUT2D eigenvalue weighted by Gasteiger charge is 2.24. The van der Waals surface area contributed by atoms with Crippen molar-refractivity contribution in [2.45, 2.75) is 49.6 Å². The fraction of sp³-hybridized carbons (Fsp3) is 0.143. The van der Waals surface area contributed by atoms with Crippen LogP contribution in [0.25, 0.3) is 21.5 Å². The van der Waals surface area contributed by atoms with Gasteiger partial charge in [-0.05, 0) is 84.6 Å². The second kappa shape index (κ2) is 15.4. The van der Waals surface area contributed by atoms with Crippen molar-refractivity contribution in [2.75, 3.05) is 0 Å². The van der Waals surface area contributed by atoms with Crippen molar-refractivity contribution in [2.24, 2.45) is 0 Å². The molecule has 256 valence electrons. The number of nitrogens with one attached hydrogen (secondary N) is 2. The Kier molecular flexibility index (Phi) is 11.2. The lowest BCUT2D eigenvalue weighted by molar-refractivity contribution is 0.569. The number of rotatable bonds is 10. The average molecular weight is 703 g/mol.